The number of esters is 1. The minimum Gasteiger partial charge on any atom is -0.468 e. The molecule has 0 unspecified atom stereocenters. The first kappa shape index (κ1) is 11.8. The Morgan fingerprint density at radius 2 is 2.08 bits per heavy atom. The van der Waals surface area contributed by atoms with E-state index in [-0.39, 0.29) is 17.6 Å². The number of carbonyl (C=O) groups is 1. The monoisotopic (exact) mass is 191 g/mol. The molecule has 1 N–H and O–H groups in total. The summed E-state index contributed by atoms with van der Waals surface area (Å²) < 4.78 is 4.60. The number of methoxy groups -OCH3 is 1. The van der Waals surface area contributed by atoms with E-state index in [9.17, 15) is 4.79 Å². The number of nitrogens with one attached hydrogen (secondary N) is 1. The first-order valence-corrected chi connectivity index (χ1v) is 4.50. The fraction of sp³-hybridized carbons (Fsp3) is 0.875. The summed E-state index contributed by atoms with van der Waals surface area (Å²) in [5.74, 6) is 0.184. The Balaban J connectivity index is 4.09. The Morgan fingerprint density at radius 3 is 2.33 bits per heavy atom. The average Bonchev–Trinajstić information content (AvgIpc) is 1.97. The number of hydrogen-bond donors (Lipinski definition) is 2. The van der Waals surface area contributed by atoms with Crippen molar-refractivity contribution in [2.45, 2.75) is 32.4 Å². The number of rotatable bonds is 3. The summed E-state index contributed by atoms with van der Waals surface area (Å²) >= 11 is 4.06. The van der Waals surface area contributed by atoms with Gasteiger partial charge in [0.15, 0.2) is 0 Å². The molecule has 72 valence electrons. The molecule has 12 heavy (non-hydrogen) atoms. The summed E-state index contributed by atoms with van der Waals surface area (Å²) in [7, 11) is 1.38. The Hall–Kier alpha value is -0.220. The molecule has 1 atom stereocenters. The molecule has 0 aliphatic carbocycles. The summed E-state index contributed by atoms with van der Waals surface area (Å²) in [5.41, 5.74) is -0.0956. The maximum absolute atomic E-state index is 11.1. The van der Waals surface area contributed by atoms with Crippen molar-refractivity contribution in [2.75, 3.05) is 12.9 Å². The summed E-state index contributed by atoms with van der Waals surface area (Å²) in [6.07, 6.45) is 0. The van der Waals surface area contributed by atoms with Crippen LogP contribution in [0.15, 0.2) is 0 Å². The molecule has 0 saturated carbocycles. The normalized spacial score (nSPS) is 14.1. The Labute approximate surface area is 79.3 Å². The smallest absolute Gasteiger partial charge is 0.323 e. The first-order valence-electron chi connectivity index (χ1n) is 3.87. The fourth-order valence-electron chi connectivity index (χ4n) is 0.844. The van der Waals surface area contributed by atoms with Crippen LogP contribution in [0.25, 0.3) is 0 Å². The molecule has 4 heteroatoms. The zero-order chi connectivity index (χ0) is 9.78. The molecule has 0 aliphatic rings. The van der Waals surface area contributed by atoms with Gasteiger partial charge in [-0.1, -0.05) is 0 Å². The van der Waals surface area contributed by atoms with Gasteiger partial charge in [-0.25, -0.2) is 0 Å². The summed E-state index contributed by atoms with van der Waals surface area (Å²) in [4.78, 5) is 11.1. The first-order chi connectivity index (χ1) is 5.40. The van der Waals surface area contributed by atoms with Crippen molar-refractivity contribution >= 4 is 18.6 Å². The van der Waals surface area contributed by atoms with Gasteiger partial charge in [0.2, 0.25) is 0 Å². The molecule has 0 aromatic rings. The van der Waals surface area contributed by atoms with Crippen LogP contribution in [0.4, 0.5) is 0 Å². The molecule has 3 nitrogen and oxygen atoms in total. The molecule has 0 aromatic carbocycles. The molecule has 0 rings (SSSR count). The van der Waals surface area contributed by atoms with Crippen molar-refractivity contribution in [3.63, 3.8) is 0 Å². The van der Waals surface area contributed by atoms with Crippen LogP contribution < -0.4 is 5.32 Å². The highest BCUT2D eigenvalue weighted by molar-refractivity contribution is 7.80. The van der Waals surface area contributed by atoms with Crippen molar-refractivity contribution in [3.8, 4) is 0 Å². The van der Waals surface area contributed by atoms with E-state index in [1.807, 2.05) is 20.8 Å². The van der Waals surface area contributed by atoms with Gasteiger partial charge < -0.3 is 4.74 Å². The number of carbonyl (C=O) groups excluding carboxylic acids is 1. The Kier molecular flexibility index (Phi) is 4.63. The molecular formula is C8H17NO2S. The molecule has 0 amide bonds. The van der Waals surface area contributed by atoms with Crippen LogP contribution >= 0.6 is 12.6 Å². The standard InChI is InChI=1S/C8H17NO2S/c1-8(2,3)9-6(5-12)7(10)11-4/h6,9,12H,5H2,1-4H3/t6-/m1/s1. The highest BCUT2D eigenvalue weighted by Crippen LogP contribution is 2.03. The molecule has 0 bridgehead atoms. The van der Waals surface area contributed by atoms with E-state index in [0.717, 1.165) is 0 Å². The third-order valence-corrected chi connectivity index (χ3v) is 1.64. The SMILES string of the molecule is COC(=O)[C@@H](CS)NC(C)(C)C. The van der Waals surface area contributed by atoms with Crippen LogP contribution in [0.1, 0.15) is 20.8 Å². The van der Waals surface area contributed by atoms with E-state index in [1.165, 1.54) is 7.11 Å². The lowest BCUT2D eigenvalue weighted by Gasteiger charge is -2.25. The second kappa shape index (κ2) is 4.72. The van der Waals surface area contributed by atoms with E-state index >= 15 is 0 Å². The molecule has 0 aliphatic heterocycles. The number of hydrogen-bond acceptors (Lipinski definition) is 4. The van der Waals surface area contributed by atoms with Crippen molar-refractivity contribution in [1.29, 1.82) is 0 Å². The van der Waals surface area contributed by atoms with Gasteiger partial charge in [0.05, 0.1) is 7.11 Å². The number of thiol groups is 1. The van der Waals surface area contributed by atoms with Gasteiger partial charge in [0, 0.05) is 11.3 Å². The van der Waals surface area contributed by atoms with Crippen molar-refractivity contribution in [2.24, 2.45) is 0 Å². The minimum atomic E-state index is -0.321. The van der Waals surface area contributed by atoms with Gasteiger partial charge in [-0.3, -0.25) is 10.1 Å². The molecule has 0 radical (unpaired) electrons. The molecule has 0 saturated heterocycles. The van der Waals surface area contributed by atoms with Crippen LogP contribution in [-0.4, -0.2) is 30.4 Å². The Morgan fingerprint density at radius 1 is 1.58 bits per heavy atom. The maximum Gasteiger partial charge on any atom is 0.323 e. The lowest BCUT2D eigenvalue weighted by atomic mass is 10.1. The van der Waals surface area contributed by atoms with E-state index in [4.69, 9.17) is 0 Å². The molecule has 0 aromatic heterocycles. The van der Waals surface area contributed by atoms with Gasteiger partial charge in [0.1, 0.15) is 6.04 Å². The van der Waals surface area contributed by atoms with E-state index in [1.54, 1.807) is 0 Å². The lowest BCUT2D eigenvalue weighted by molar-refractivity contribution is -0.142. The van der Waals surface area contributed by atoms with Gasteiger partial charge in [-0.15, -0.1) is 0 Å². The highest BCUT2D eigenvalue weighted by atomic mass is 32.1. The van der Waals surface area contributed by atoms with E-state index < -0.39 is 0 Å². The second-order valence-corrected chi connectivity index (χ2v) is 4.02. The van der Waals surface area contributed by atoms with E-state index in [2.05, 4.69) is 22.7 Å². The molecular weight excluding hydrogens is 174 g/mol. The fourth-order valence-corrected chi connectivity index (χ4v) is 1.08. The number of ether oxygens (including phenoxy) is 1. The van der Waals surface area contributed by atoms with Gasteiger partial charge >= 0.3 is 5.97 Å². The molecule has 0 heterocycles. The van der Waals surface area contributed by atoms with Crippen LogP contribution in [0.5, 0.6) is 0 Å². The largest absolute Gasteiger partial charge is 0.468 e. The van der Waals surface area contributed by atoms with Gasteiger partial charge in [0.25, 0.3) is 0 Å². The van der Waals surface area contributed by atoms with Crippen LogP contribution in [0, 0.1) is 0 Å². The third-order valence-electron chi connectivity index (χ3n) is 1.28. The predicted octanol–water partition coefficient (Wildman–Crippen LogP) is 0.846. The maximum atomic E-state index is 11.1. The zero-order valence-corrected chi connectivity index (χ0v) is 8.94. The molecule has 0 fully saturated rings. The van der Waals surface area contributed by atoms with E-state index in [0.29, 0.717) is 5.75 Å². The molecule has 0 spiro atoms. The lowest BCUT2D eigenvalue weighted by Crippen LogP contribution is -2.49. The summed E-state index contributed by atoms with van der Waals surface area (Å²) in [6, 6.07) is -0.321. The van der Waals surface area contributed by atoms with Crippen molar-refractivity contribution in [1.82, 2.24) is 5.32 Å². The van der Waals surface area contributed by atoms with Crippen molar-refractivity contribution < 1.29 is 9.53 Å². The third kappa shape index (κ3) is 4.62. The average molecular weight is 191 g/mol. The minimum absolute atomic E-state index is 0.0956. The predicted molar refractivity (Wildman–Crippen MR) is 52.5 cm³/mol. The Bertz CT molecular complexity index is 154. The van der Waals surface area contributed by atoms with Crippen LogP contribution in [0.3, 0.4) is 0 Å². The zero-order valence-electron chi connectivity index (χ0n) is 8.05. The highest BCUT2D eigenvalue weighted by Gasteiger charge is 2.22. The van der Waals surface area contributed by atoms with Crippen LogP contribution in [0.2, 0.25) is 0 Å². The quantitative estimate of drug-likeness (QED) is 0.513. The van der Waals surface area contributed by atoms with Crippen molar-refractivity contribution in [3.05, 3.63) is 0 Å². The second-order valence-electron chi connectivity index (χ2n) is 3.65. The van der Waals surface area contributed by atoms with Gasteiger partial charge in [-0.05, 0) is 20.8 Å². The van der Waals surface area contributed by atoms with Crippen LogP contribution in [-0.2, 0) is 9.53 Å². The topological polar surface area (TPSA) is 38.3 Å². The van der Waals surface area contributed by atoms with Gasteiger partial charge in [-0.2, -0.15) is 12.6 Å². The summed E-state index contributed by atoms with van der Waals surface area (Å²) in [5, 5.41) is 3.11. The summed E-state index contributed by atoms with van der Waals surface area (Å²) in [6.45, 7) is 5.98.